The van der Waals surface area contributed by atoms with Crippen LogP contribution in [0.15, 0.2) is 60.7 Å². The number of nitrogens with one attached hydrogen (secondary N) is 1. The van der Waals surface area contributed by atoms with Crippen molar-refractivity contribution in [3.8, 4) is 0 Å². The molecule has 1 heterocycles. The summed E-state index contributed by atoms with van der Waals surface area (Å²) in [7, 11) is 1.44. The molecule has 2 aromatic rings. The fourth-order valence-corrected chi connectivity index (χ4v) is 3.25. The molecule has 1 aliphatic heterocycles. The quantitative estimate of drug-likeness (QED) is 0.830. The van der Waals surface area contributed by atoms with Crippen LogP contribution >= 0.6 is 0 Å². The van der Waals surface area contributed by atoms with Crippen molar-refractivity contribution in [2.45, 2.75) is 31.1 Å². The number of ether oxygens (including phenoxy) is 2. The Balaban J connectivity index is 1.66. The number of hydrogen-bond acceptors (Lipinski definition) is 4. The number of carbonyl (C=O) groups excluding carboxylic acids is 1. The summed E-state index contributed by atoms with van der Waals surface area (Å²) >= 11 is 0. The highest BCUT2D eigenvalue weighted by molar-refractivity contribution is 5.81. The van der Waals surface area contributed by atoms with Gasteiger partial charge in [-0.15, -0.1) is 0 Å². The molecule has 126 valence electrons. The predicted octanol–water partition coefficient (Wildman–Crippen LogP) is 2.72. The first-order valence-electron chi connectivity index (χ1n) is 8.25. The second kappa shape index (κ2) is 7.60. The zero-order valence-corrected chi connectivity index (χ0v) is 13.9. The molecule has 1 saturated heterocycles. The minimum absolute atomic E-state index is 0.00646. The number of hydrogen-bond donors (Lipinski definition) is 1. The Bertz CT molecular complexity index is 659. The first kappa shape index (κ1) is 16.7. The average molecular weight is 325 g/mol. The van der Waals surface area contributed by atoms with Gasteiger partial charge in [-0.3, -0.25) is 10.1 Å². The van der Waals surface area contributed by atoms with Gasteiger partial charge in [-0.2, -0.15) is 0 Å². The maximum atomic E-state index is 12.4. The standard InChI is InChI=1S/C20H23NO3/c1-23-19(22)20(12-16-8-4-2-5-9-16)13-18(14-21-20)24-15-17-10-6-3-7-11-17/h2-11,18,21H,12-15H2,1H3/t18-,20-/m0/s1. The summed E-state index contributed by atoms with van der Waals surface area (Å²) in [5.41, 5.74) is 1.53. The van der Waals surface area contributed by atoms with Gasteiger partial charge in [0.15, 0.2) is 0 Å². The SMILES string of the molecule is COC(=O)[C@]1(Cc2ccccc2)C[C@H](OCc2ccccc2)CN1. The van der Waals surface area contributed by atoms with Gasteiger partial charge in [-0.1, -0.05) is 60.7 Å². The molecular formula is C20H23NO3. The smallest absolute Gasteiger partial charge is 0.326 e. The summed E-state index contributed by atoms with van der Waals surface area (Å²) in [5.74, 6) is -0.225. The fraction of sp³-hybridized carbons (Fsp3) is 0.350. The minimum Gasteiger partial charge on any atom is -0.468 e. The molecule has 0 spiro atoms. The highest BCUT2D eigenvalue weighted by Crippen LogP contribution is 2.28. The van der Waals surface area contributed by atoms with E-state index >= 15 is 0 Å². The van der Waals surface area contributed by atoms with Gasteiger partial charge in [0.25, 0.3) is 0 Å². The number of esters is 1. The summed E-state index contributed by atoms with van der Waals surface area (Å²) in [6.07, 6.45) is 1.21. The fourth-order valence-electron chi connectivity index (χ4n) is 3.25. The Hall–Kier alpha value is -2.17. The lowest BCUT2D eigenvalue weighted by molar-refractivity contribution is -0.148. The van der Waals surface area contributed by atoms with Gasteiger partial charge < -0.3 is 9.47 Å². The van der Waals surface area contributed by atoms with E-state index in [0.717, 1.165) is 11.1 Å². The maximum absolute atomic E-state index is 12.4. The van der Waals surface area contributed by atoms with E-state index in [1.807, 2.05) is 60.7 Å². The Morgan fingerprint density at radius 3 is 2.33 bits per heavy atom. The van der Waals surface area contributed by atoms with E-state index in [-0.39, 0.29) is 12.1 Å². The van der Waals surface area contributed by atoms with Gasteiger partial charge in [0.2, 0.25) is 0 Å². The van der Waals surface area contributed by atoms with E-state index in [1.54, 1.807) is 0 Å². The average Bonchev–Trinajstić information content (AvgIpc) is 3.05. The summed E-state index contributed by atoms with van der Waals surface area (Å²) in [6.45, 7) is 1.20. The largest absolute Gasteiger partial charge is 0.468 e. The van der Waals surface area contributed by atoms with E-state index in [4.69, 9.17) is 9.47 Å². The third-order valence-electron chi connectivity index (χ3n) is 4.50. The zero-order valence-electron chi connectivity index (χ0n) is 13.9. The van der Waals surface area contributed by atoms with Crippen LogP contribution in [0.3, 0.4) is 0 Å². The molecule has 0 amide bonds. The van der Waals surface area contributed by atoms with Gasteiger partial charge in [-0.25, -0.2) is 0 Å². The molecule has 0 bridgehead atoms. The number of methoxy groups -OCH3 is 1. The molecule has 2 aromatic carbocycles. The second-order valence-corrected chi connectivity index (χ2v) is 6.24. The number of rotatable bonds is 6. The van der Waals surface area contributed by atoms with Crippen LogP contribution in [0.5, 0.6) is 0 Å². The van der Waals surface area contributed by atoms with Crippen molar-refractivity contribution in [2.75, 3.05) is 13.7 Å². The van der Waals surface area contributed by atoms with Crippen LogP contribution in [0.25, 0.3) is 0 Å². The van der Waals surface area contributed by atoms with Crippen molar-refractivity contribution in [3.05, 3.63) is 71.8 Å². The third-order valence-corrected chi connectivity index (χ3v) is 4.50. The van der Waals surface area contributed by atoms with E-state index in [1.165, 1.54) is 7.11 Å². The topological polar surface area (TPSA) is 47.6 Å². The molecular weight excluding hydrogens is 302 g/mol. The normalized spacial score (nSPS) is 23.1. The van der Waals surface area contributed by atoms with Gasteiger partial charge >= 0.3 is 5.97 Å². The number of benzene rings is 2. The Labute approximate surface area is 142 Å². The molecule has 0 radical (unpaired) electrons. The first-order valence-corrected chi connectivity index (χ1v) is 8.25. The van der Waals surface area contributed by atoms with E-state index in [9.17, 15) is 4.79 Å². The van der Waals surface area contributed by atoms with Crippen LogP contribution in [0.4, 0.5) is 0 Å². The van der Waals surface area contributed by atoms with Crippen LogP contribution in [0.1, 0.15) is 17.5 Å². The van der Waals surface area contributed by atoms with E-state index < -0.39 is 5.54 Å². The summed E-state index contributed by atoms with van der Waals surface area (Å²) in [4.78, 5) is 12.4. The van der Waals surface area contributed by atoms with Gasteiger partial charge in [-0.05, 0) is 11.1 Å². The van der Waals surface area contributed by atoms with Crippen molar-refractivity contribution in [1.29, 1.82) is 0 Å². The summed E-state index contributed by atoms with van der Waals surface area (Å²) in [6, 6.07) is 20.1. The van der Waals surface area contributed by atoms with Gasteiger partial charge in [0.05, 0.1) is 19.8 Å². The Kier molecular flexibility index (Phi) is 5.28. The Morgan fingerprint density at radius 1 is 1.08 bits per heavy atom. The van der Waals surface area contributed by atoms with Crippen LogP contribution in [-0.4, -0.2) is 31.3 Å². The molecule has 1 aliphatic rings. The lowest BCUT2D eigenvalue weighted by Gasteiger charge is -2.26. The molecule has 1 fully saturated rings. The second-order valence-electron chi connectivity index (χ2n) is 6.24. The van der Waals surface area contributed by atoms with E-state index in [0.29, 0.717) is 26.0 Å². The molecule has 3 rings (SSSR count). The van der Waals surface area contributed by atoms with Crippen LogP contribution in [-0.2, 0) is 27.3 Å². The monoisotopic (exact) mass is 325 g/mol. The molecule has 4 nitrogen and oxygen atoms in total. The lowest BCUT2D eigenvalue weighted by atomic mass is 9.88. The van der Waals surface area contributed by atoms with Crippen molar-refractivity contribution in [3.63, 3.8) is 0 Å². The predicted molar refractivity (Wildman–Crippen MR) is 92.5 cm³/mol. The van der Waals surface area contributed by atoms with Crippen LogP contribution < -0.4 is 5.32 Å². The molecule has 0 unspecified atom stereocenters. The minimum atomic E-state index is -0.711. The highest BCUT2D eigenvalue weighted by Gasteiger charge is 2.46. The van der Waals surface area contributed by atoms with Crippen molar-refractivity contribution in [2.24, 2.45) is 0 Å². The van der Waals surface area contributed by atoms with Crippen molar-refractivity contribution >= 4 is 5.97 Å². The highest BCUT2D eigenvalue weighted by atomic mass is 16.5. The van der Waals surface area contributed by atoms with Crippen molar-refractivity contribution in [1.82, 2.24) is 5.32 Å². The van der Waals surface area contributed by atoms with Crippen LogP contribution in [0, 0.1) is 0 Å². The molecule has 2 atom stereocenters. The summed E-state index contributed by atoms with van der Waals surface area (Å²) < 4.78 is 11.1. The molecule has 0 aliphatic carbocycles. The maximum Gasteiger partial charge on any atom is 0.326 e. The lowest BCUT2D eigenvalue weighted by Crippen LogP contribution is -2.50. The van der Waals surface area contributed by atoms with E-state index in [2.05, 4.69) is 5.32 Å². The Morgan fingerprint density at radius 2 is 1.71 bits per heavy atom. The molecule has 4 heteroatoms. The third kappa shape index (κ3) is 3.83. The molecule has 0 saturated carbocycles. The molecule has 1 N–H and O–H groups in total. The van der Waals surface area contributed by atoms with Gasteiger partial charge in [0, 0.05) is 19.4 Å². The summed E-state index contributed by atoms with van der Waals surface area (Å²) in [5, 5.41) is 3.36. The first-order chi connectivity index (χ1) is 11.7. The van der Waals surface area contributed by atoms with Crippen molar-refractivity contribution < 1.29 is 14.3 Å². The number of carbonyl (C=O) groups is 1. The van der Waals surface area contributed by atoms with Crippen LogP contribution in [0.2, 0.25) is 0 Å². The molecule has 0 aromatic heterocycles. The molecule has 24 heavy (non-hydrogen) atoms. The van der Waals surface area contributed by atoms with Gasteiger partial charge in [0.1, 0.15) is 5.54 Å². The zero-order chi connectivity index (χ0) is 16.8.